The molecular formula is H7Cl4N. The maximum absolute atomic E-state index is 0. The lowest BCUT2D eigenvalue weighted by Gasteiger charge is -1.00. The van der Waals surface area contributed by atoms with Gasteiger partial charge in [0.25, 0.3) is 0 Å². The van der Waals surface area contributed by atoms with Crippen molar-refractivity contribution >= 4 is 37.2 Å². The van der Waals surface area contributed by atoms with Gasteiger partial charge >= 0.3 is 0 Å². The molecule has 0 fully saturated rings. The van der Waals surface area contributed by atoms with Crippen LogP contribution < -0.4 is 18.6 Å². The lowest BCUT2D eigenvalue weighted by atomic mass is 14.0. The molecule has 0 aliphatic carbocycles. The van der Waals surface area contributed by atoms with E-state index in [2.05, 4.69) is 0 Å². The van der Waals surface area contributed by atoms with E-state index in [0.717, 1.165) is 0 Å². The van der Waals surface area contributed by atoms with E-state index in [4.69, 9.17) is 0 Å². The van der Waals surface area contributed by atoms with E-state index < -0.39 is 0 Å². The minimum atomic E-state index is 0. The van der Waals surface area contributed by atoms with Gasteiger partial charge in [-0.2, -0.15) is 0 Å². The highest BCUT2D eigenvalue weighted by molar-refractivity contribution is 5.86. The lowest BCUT2D eigenvalue weighted by molar-refractivity contribution is -0.000000981. The largest absolute Gasteiger partial charge is 1.00 e. The van der Waals surface area contributed by atoms with E-state index in [1.807, 2.05) is 0 Å². The van der Waals surface area contributed by atoms with Crippen molar-refractivity contribution in [3.8, 4) is 0 Å². The summed E-state index contributed by atoms with van der Waals surface area (Å²) in [6, 6.07) is 0. The molecule has 0 amide bonds. The van der Waals surface area contributed by atoms with Crippen molar-refractivity contribution < 1.29 is 12.4 Å². The van der Waals surface area contributed by atoms with E-state index >= 15 is 0 Å². The summed E-state index contributed by atoms with van der Waals surface area (Å²) < 4.78 is 0. The standard InChI is InChI=1S/4ClH.H3N/h4*1H;1H3. The van der Waals surface area contributed by atoms with Crippen molar-refractivity contribution in [3.05, 3.63) is 0 Å². The lowest BCUT2D eigenvalue weighted by Crippen LogP contribution is -3.00. The monoisotopic (exact) mass is 161 g/mol. The first-order valence-corrected chi connectivity index (χ1v) is 0. The van der Waals surface area contributed by atoms with Crippen LogP contribution in [0.4, 0.5) is 0 Å². The third-order valence-electron chi connectivity index (χ3n) is 0. The molecular weight excluding hydrogens is 156 g/mol. The van der Waals surface area contributed by atoms with Gasteiger partial charge in [0.1, 0.15) is 0 Å². The first-order chi connectivity index (χ1) is 0. The molecule has 40 valence electrons. The maximum Gasteiger partial charge on any atom is -0.147 e. The van der Waals surface area contributed by atoms with Crippen LogP contribution in [0.5, 0.6) is 0 Å². The summed E-state index contributed by atoms with van der Waals surface area (Å²) in [7, 11) is 0. The molecule has 0 aliphatic rings. The smallest absolute Gasteiger partial charge is 0.147 e. The number of quaternary nitrogens is 1. The summed E-state index contributed by atoms with van der Waals surface area (Å²) in [5, 5.41) is 0. The van der Waals surface area contributed by atoms with Crippen LogP contribution in [-0.2, 0) is 0 Å². The third kappa shape index (κ3) is 39.7. The summed E-state index contributed by atoms with van der Waals surface area (Å²) in [5.41, 5.74) is 0. The fourth-order valence-electron chi connectivity index (χ4n) is 0. The van der Waals surface area contributed by atoms with Crippen molar-refractivity contribution in [1.82, 2.24) is 6.15 Å². The molecule has 0 unspecified atom stereocenters. The number of hydrogen-bond acceptors (Lipinski definition) is 0. The van der Waals surface area contributed by atoms with Gasteiger partial charge in [-0.3, -0.25) is 0 Å². The van der Waals surface area contributed by atoms with Gasteiger partial charge in [-0.1, -0.05) is 0 Å². The Morgan fingerprint density at radius 2 is 0.600 bits per heavy atom. The van der Waals surface area contributed by atoms with Crippen LogP contribution in [0, 0.1) is 0 Å². The minimum absolute atomic E-state index is 0. The molecule has 0 bridgehead atoms. The third-order valence-corrected chi connectivity index (χ3v) is 0. The molecule has 1 nitrogen and oxygen atoms in total. The zero-order valence-electron chi connectivity index (χ0n) is 2.60. The van der Waals surface area contributed by atoms with Gasteiger partial charge in [-0.15, -0.1) is 37.2 Å². The van der Waals surface area contributed by atoms with E-state index in [0.29, 0.717) is 0 Å². The molecule has 0 atom stereocenters. The van der Waals surface area contributed by atoms with Crippen LogP contribution in [0.15, 0.2) is 0 Å². The van der Waals surface area contributed by atoms with Gasteiger partial charge in [0.2, 0.25) is 0 Å². The Hall–Kier alpha value is 1.12. The number of hydrogen-bond donors (Lipinski definition) is 1. The second-order valence-corrected chi connectivity index (χ2v) is 0. The van der Waals surface area contributed by atoms with E-state index in [1.54, 1.807) is 0 Å². The summed E-state index contributed by atoms with van der Waals surface area (Å²) in [5.74, 6) is 0. The quantitative estimate of drug-likeness (QED) is 0.458. The molecule has 0 aliphatic heterocycles. The van der Waals surface area contributed by atoms with Gasteiger partial charge in [-0.05, 0) is 0 Å². The molecule has 0 aromatic carbocycles. The molecule has 4 N–H and O–H groups in total. The average molecular weight is 163 g/mol. The predicted molar refractivity (Wildman–Crippen MR) is 27.7 cm³/mol. The molecule has 0 radical (unpaired) electrons. The summed E-state index contributed by atoms with van der Waals surface area (Å²) in [6.07, 6.45) is 0. The molecule has 0 saturated heterocycles. The van der Waals surface area contributed by atoms with E-state index in [-0.39, 0.29) is 55.8 Å². The fourth-order valence-corrected chi connectivity index (χ4v) is 0. The zero-order chi connectivity index (χ0) is 0. The Balaban J connectivity index is 0. The summed E-state index contributed by atoms with van der Waals surface area (Å²) in [6.45, 7) is 0. The Kier molecular flexibility index (Phi) is 1770. The molecule has 5 heteroatoms. The predicted octanol–water partition coefficient (Wildman–Crippen LogP) is -1.35. The molecule has 0 rings (SSSR count). The van der Waals surface area contributed by atoms with Crippen LogP contribution in [0.2, 0.25) is 0 Å². The van der Waals surface area contributed by atoms with Crippen molar-refractivity contribution in [1.29, 1.82) is 0 Å². The van der Waals surface area contributed by atoms with Crippen LogP contribution in [0.25, 0.3) is 0 Å². The average Bonchev–Trinajstić information content (AvgIpc) is 0. The molecule has 0 aromatic heterocycles. The highest BCUT2D eigenvalue weighted by Gasteiger charge is -0.145. The maximum atomic E-state index is 0. The molecule has 0 aromatic rings. The van der Waals surface area contributed by atoms with E-state index in [1.165, 1.54) is 0 Å². The Morgan fingerprint density at radius 1 is 0.600 bits per heavy atom. The second-order valence-electron chi connectivity index (χ2n) is 0. The van der Waals surface area contributed by atoms with Crippen LogP contribution in [-0.4, -0.2) is 0 Å². The Labute approximate surface area is 56.1 Å². The van der Waals surface area contributed by atoms with Crippen LogP contribution in [0.1, 0.15) is 0 Å². The Bertz CT molecular complexity index is 3.61. The number of rotatable bonds is 0. The summed E-state index contributed by atoms with van der Waals surface area (Å²) >= 11 is 0. The first kappa shape index (κ1) is 128. The van der Waals surface area contributed by atoms with Gasteiger partial charge in [0, 0.05) is 0 Å². The molecule has 0 saturated carbocycles. The molecule has 5 heavy (non-hydrogen) atoms. The SMILES string of the molecule is Cl.Cl.Cl.[Cl-].[NH4+]. The van der Waals surface area contributed by atoms with Gasteiger partial charge in [0.15, 0.2) is 0 Å². The molecule has 0 spiro atoms. The van der Waals surface area contributed by atoms with Crippen molar-refractivity contribution in [2.24, 2.45) is 0 Å². The van der Waals surface area contributed by atoms with Crippen LogP contribution >= 0.6 is 37.2 Å². The van der Waals surface area contributed by atoms with Gasteiger partial charge in [-0.25, -0.2) is 0 Å². The van der Waals surface area contributed by atoms with Gasteiger partial charge < -0.3 is 18.6 Å². The topological polar surface area (TPSA) is 36.5 Å². The molecule has 0 heterocycles. The van der Waals surface area contributed by atoms with Gasteiger partial charge in [0.05, 0.1) is 0 Å². The first-order valence-electron chi connectivity index (χ1n) is 0. The van der Waals surface area contributed by atoms with Crippen molar-refractivity contribution in [3.63, 3.8) is 0 Å². The highest BCUT2D eigenvalue weighted by Crippen LogP contribution is 0.692. The fraction of sp³-hybridized carbons (Fsp3) is 0. The normalized spacial score (nSPS) is 0. The highest BCUT2D eigenvalue weighted by atomic mass is 35.5. The Morgan fingerprint density at radius 3 is 0.600 bits per heavy atom. The second kappa shape index (κ2) is 69.3. The van der Waals surface area contributed by atoms with Crippen LogP contribution in [0.3, 0.4) is 0 Å². The summed E-state index contributed by atoms with van der Waals surface area (Å²) in [4.78, 5) is 0. The van der Waals surface area contributed by atoms with Crippen molar-refractivity contribution in [2.45, 2.75) is 0 Å². The van der Waals surface area contributed by atoms with E-state index in [9.17, 15) is 0 Å². The number of halogens is 4. The van der Waals surface area contributed by atoms with Crippen molar-refractivity contribution in [2.75, 3.05) is 0 Å². The minimum Gasteiger partial charge on any atom is -1.00 e. The zero-order valence-corrected chi connectivity index (χ0v) is 5.81.